The summed E-state index contributed by atoms with van der Waals surface area (Å²) in [4.78, 5) is 9.13. The molecule has 1 aliphatic heterocycles. The Morgan fingerprint density at radius 3 is 2.94 bits per heavy atom. The molecule has 0 bridgehead atoms. The van der Waals surface area contributed by atoms with E-state index in [1.54, 1.807) is 0 Å². The summed E-state index contributed by atoms with van der Waals surface area (Å²) >= 11 is 0. The van der Waals surface area contributed by atoms with Crippen molar-refractivity contribution in [2.24, 2.45) is 0 Å². The number of likely N-dealkylation sites (N-methyl/N-ethyl adjacent to an activating group) is 1. The smallest absolute Gasteiger partial charge is 0.130 e. The number of nitrogen functional groups attached to an aromatic ring is 1. The van der Waals surface area contributed by atoms with E-state index >= 15 is 0 Å². The van der Waals surface area contributed by atoms with E-state index < -0.39 is 0 Å². The van der Waals surface area contributed by atoms with Gasteiger partial charge >= 0.3 is 0 Å². The number of hydrogen-bond acceptors (Lipinski definition) is 4. The van der Waals surface area contributed by atoms with E-state index in [-0.39, 0.29) is 0 Å². The van der Waals surface area contributed by atoms with Crippen molar-refractivity contribution in [3.8, 4) is 0 Å². The van der Waals surface area contributed by atoms with Gasteiger partial charge in [0, 0.05) is 37.1 Å². The first-order valence-corrected chi connectivity index (χ1v) is 6.21. The van der Waals surface area contributed by atoms with E-state index in [0.29, 0.717) is 6.04 Å². The highest BCUT2D eigenvalue weighted by Gasteiger charge is 2.26. The molecule has 0 saturated carbocycles. The fraction of sp³-hybridized carbons (Fsp3) is 0.615. The fourth-order valence-electron chi connectivity index (χ4n) is 2.43. The minimum absolute atomic E-state index is 0.569. The van der Waals surface area contributed by atoms with Gasteiger partial charge in [-0.2, -0.15) is 0 Å². The third-order valence-corrected chi connectivity index (χ3v) is 3.38. The minimum atomic E-state index is 0.569. The maximum absolute atomic E-state index is 5.96. The molecule has 0 radical (unpaired) electrons. The van der Waals surface area contributed by atoms with Crippen LogP contribution in [-0.4, -0.2) is 43.1 Å². The molecular weight excluding hydrogens is 212 g/mol. The van der Waals surface area contributed by atoms with Crippen LogP contribution < -0.4 is 10.6 Å². The minimum Gasteiger partial charge on any atom is -0.398 e. The molecule has 1 unspecified atom stereocenters. The molecule has 4 nitrogen and oxygen atoms in total. The summed E-state index contributed by atoms with van der Waals surface area (Å²) in [7, 11) is 4.24. The van der Waals surface area contributed by atoms with Gasteiger partial charge in [-0.05, 0) is 39.4 Å². The van der Waals surface area contributed by atoms with Crippen molar-refractivity contribution < 1.29 is 0 Å². The van der Waals surface area contributed by atoms with Crippen LogP contribution in [-0.2, 0) is 0 Å². The molecule has 1 fully saturated rings. The highest BCUT2D eigenvalue weighted by atomic mass is 15.3. The second kappa shape index (κ2) is 4.92. The summed E-state index contributed by atoms with van der Waals surface area (Å²) in [5, 5.41) is 0. The van der Waals surface area contributed by atoms with Crippen molar-refractivity contribution in [1.82, 2.24) is 9.88 Å². The lowest BCUT2D eigenvalue weighted by Crippen LogP contribution is -2.38. The van der Waals surface area contributed by atoms with E-state index in [1.165, 1.54) is 12.8 Å². The number of nitrogens with two attached hydrogens (primary N) is 1. The molecule has 2 N–H and O–H groups in total. The lowest BCUT2D eigenvalue weighted by Gasteiger charge is -2.28. The van der Waals surface area contributed by atoms with Crippen molar-refractivity contribution in [1.29, 1.82) is 0 Å². The summed E-state index contributed by atoms with van der Waals surface area (Å²) in [6, 6.07) is 2.57. The number of aryl methyl sites for hydroxylation is 1. The lowest BCUT2D eigenvalue weighted by molar-refractivity contribution is 0.371. The number of nitrogens with zero attached hydrogens (tertiary/aromatic N) is 3. The van der Waals surface area contributed by atoms with Gasteiger partial charge in [0.05, 0.1) is 0 Å². The Kier molecular flexibility index (Phi) is 3.52. The van der Waals surface area contributed by atoms with Crippen LogP contribution in [0.3, 0.4) is 0 Å². The highest BCUT2D eigenvalue weighted by molar-refractivity contribution is 5.55. The summed E-state index contributed by atoms with van der Waals surface area (Å²) in [6.07, 6.45) is 4.36. The van der Waals surface area contributed by atoms with Crippen molar-refractivity contribution in [2.75, 3.05) is 37.8 Å². The predicted octanol–water partition coefficient (Wildman–Crippen LogP) is 1.50. The molecule has 0 spiro atoms. The van der Waals surface area contributed by atoms with E-state index in [1.807, 2.05) is 19.2 Å². The van der Waals surface area contributed by atoms with Crippen LogP contribution in [0.2, 0.25) is 0 Å². The first kappa shape index (κ1) is 12.2. The number of hydrogen-bond donors (Lipinski definition) is 1. The van der Waals surface area contributed by atoms with Gasteiger partial charge < -0.3 is 15.5 Å². The van der Waals surface area contributed by atoms with Crippen LogP contribution in [0.15, 0.2) is 12.3 Å². The van der Waals surface area contributed by atoms with E-state index in [4.69, 9.17) is 5.73 Å². The van der Waals surface area contributed by atoms with Gasteiger partial charge in [0.15, 0.2) is 0 Å². The van der Waals surface area contributed by atoms with Gasteiger partial charge in [-0.15, -0.1) is 0 Å². The van der Waals surface area contributed by atoms with E-state index in [2.05, 4.69) is 28.9 Å². The van der Waals surface area contributed by atoms with Crippen LogP contribution in [0.5, 0.6) is 0 Å². The topological polar surface area (TPSA) is 45.4 Å². The van der Waals surface area contributed by atoms with Gasteiger partial charge in [0.1, 0.15) is 5.82 Å². The first-order chi connectivity index (χ1) is 8.08. The number of pyridine rings is 1. The average molecular weight is 234 g/mol. The molecular formula is C13H22N4. The molecule has 1 saturated heterocycles. The van der Waals surface area contributed by atoms with Gasteiger partial charge in [0.25, 0.3) is 0 Å². The van der Waals surface area contributed by atoms with E-state index in [9.17, 15) is 0 Å². The predicted molar refractivity (Wildman–Crippen MR) is 72.3 cm³/mol. The van der Waals surface area contributed by atoms with Gasteiger partial charge in [-0.25, -0.2) is 4.98 Å². The average Bonchev–Trinajstić information content (AvgIpc) is 2.69. The zero-order chi connectivity index (χ0) is 12.4. The summed E-state index contributed by atoms with van der Waals surface area (Å²) in [5.74, 6) is 1.03. The van der Waals surface area contributed by atoms with Gasteiger partial charge in [0.2, 0.25) is 0 Å². The van der Waals surface area contributed by atoms with Crippen LogP contribution in [0, 0.1) is 6.92 Å². The van der Waals surface area contributed by atoms with Gasteiger partial charge in [-0.3, -0.25) is 0 Å². The Balaban J connectivity index is 2.17. The third kappa shape index (κ3) is 2.69. The highest BCUT2D eigenvalue weighted by Crippen LogP contribution is 2.26. The molecule has 2 heterocycles. The van der Waals surface area contributed by atoms with Crippen LogP contribution >= 0.6 is 0 Å². The Labute approximate surface area is 103 Å². The normalized spacial score (nSPS) is 20.2. The Bertz CT molecular complexity index is 389. The summed E-state index contributed by atoms with van der Waals surface area (Å²) < 4.78 is 0. The van der Waals surface area contributed by atoms with Crippen molar-refractivity contribution in [2.45, 2.75) is 25.8 Å². The lowest BCUT2D eigenvalue weighted by atomic mass is 10.2. The second-order valence-corrected chi connectivity index (χ2v) is 5.15. The molecule has 4 heteroatoms. The number of anilines is 2. The Morgan fingerprint density at radius 2 is 2.29 bits per heavy atom. The molecule has 1 aromatic rings. The summed E-state index contributed by atoms with van der Waals surface area (Å²) in [6.45, 7) is 4.16. The molecule has 0 amide bonds. The quantitative estimate of drug-likeness (QED) is 0.861. The van der Waals surface area contributed by atoms with Crippen molar-refractivity contribution in [3.63, 3.8) is 0 Å². The largest absolute Gasteiger partial charge is 0.398 e. The molecule has 1 atom stereocenters. The van der Waals surface area contributed by atoms with E-state index in [0.717, 1.165) is 30.2 Å². The zero-order valence-electron chi connectivity index (χ0n) is 11.0. The monoisotopic (exact) mass is 234 g/mol. The molecule has 0 aliphatic carbocycles. The number of aromatic nitrogens is 1. The maximum atomic E-state index is 5.96. The molecule has 2 rings (SSSR count). The van der Waals surface area contributed by atoms with Crippen molar-refractivity contribution >= 4 is 11.5 Å². The molecule has 1 aliphatic rings. The van der Waals surface area contributed by atoms with Gasteiger partial charge in [-0.1, -0.05) is 0 Å². The van der Waals surface area contributed by atoms with Crippen LogP contribution in [0.4, 0.5) is 11.5 Å². The molecule has 0 aromatic carbocycles. The molecule has 94 valence electrons. The zero-order valence-corrected chi connectivity index (χ0v) is 11.0. The van der Waals surface area contributed by atoms with Crippen molar-refractivity contribution in [3.05, 3.63) is 17.8 Å². The Hall–Kier alpha value is -1.29. The Morgan fingerprint density at radius 1 is 1.53 bits per heavy atom. The molecule has 17 heavy (non-hydrogen) atoms. The summed E-state index contributed by atoms with van der Waals surface area (Å²) in [5.41, 5.74) is 7.85. The van der Waals surface area contributed by atoms with Crippen LogP contribution in [0.25, 0.3) is 0 Å². The first-order valence-electron chi connectivity index (χ1n) is 6.21. The SMILES string of the molecule is Cc1cnc(N2CCCC2CN(C)C)cc1N. The second-order valence-electron chi connectivity index (χ2n) is 5.15. The third-order valence-electron chi connectivity index (χ3n) is 3.38. The standard InChI is InChI=1S/C13H22N4/c1-10-8-15-13(7-12(10)14)17-6-4-5-11(17)9-16(2)3/h7-8,11H,4-6,9H2,1-3H3,(H2,14,15). The van der Waals surface area contributed by atoms with Crippen LogP contribution in [0.1, 0.15) is 18.4 Å². The molecule has 1 aromatic heterocycles. The fourth-order valence-corrected chi connectivity index (χ4v) is 2.43. The maximum Gasteiger partial charge on any atom is 0.130 e. The number of rotatable bonds is 3.